The molecule has 0 fully saturated rings. The van der Waals surface area contributed by atoms with Crippen LogP contribution in [0.3, 0.4) is 0 Å². The Balaban J connectivity index is 2.26. The maximum absolute atomic E-state index is 5.66. The number of hydrogen-bond acceptors (Lipinski definition) is 6. The summed E-state index contributed by atoms with van der Waals surface area (Å²) < 4.78 is 13.9. The van der Waals surface area contributed by atoms with Crippen molar-refractivity contribution in [2.24, 2.45) is 5.84 Å². The van der Waals surface area contributed by atoms with Crippen LogP contribution in [0.5, 0.6) is 5.75 Å². The van der Waals surface area contributed by atoms with E-state index in [4.69, 9.17) is 10.6 Å². The fourth-order valence-electron chi connectivity index (χ4n) is 1.69. The molecule has 18 heavy (non-hydrogen) atoms. The van der Waals surface area contributed by atoms with Crippen LogP contribution in [0.15, 0.2) is 30.5 Å². The van der Waals surface area contributed by atoms with Gasteiger partial charge in [-0.2, -0.15) is 8.75 Å². The molecule has 0 aliphatic carbocycles. The van der Waals surface area contributed by atoms with Crippen LogP contribution in [-0.4, -0.2) is 14.9 Å². The average Bonchev–Trinajstić information content (AvgIpc) is 2.83. The summed E-state index contributed by atoms with van der Waals surface area (Å²) in [6.07, 6.45) is 1.86. The van der Waals surface area contributed by atoms with Crippen molar-refractivity contribution in [1.82, 2.24) is 14.2 Å². The zero-order valence-corrected chi connectivity index (χ0v) is 11.1. The van der Waals surface area contributed by atoms with Crippen molar-refractivity contribution >= 4 is 11.7 Å². The second kappa shape index (κ2) is 5.90. The van der Waals surface area contributed by atoms with Gasteiger partial charge in [0.1, 0.15) is 5.75 Å². The molecule has 5 nitrogen and oxygen atoms in total. The monoisotopic (exact) mass is 264 g/mol. The molecule has 0 aliphatic heterocycles. The Bertz CT molecular complexity index is 487. The third kappa shape index (κ3) is 3.04. The number of benzene rings is 1. The number of hydrogen-bond donors (Lipinski definition) is 2. The molecule has 0 bridgehead atoms. The number of rotatable bonds is 5. The van der Waals surface area contributed by atoms with Gasteiger partial charge in [0.2, 0.25) is 0 Å². The standard InChI is InChI=1S/C12H16N4OS/c1-8(2)17-10-5-3-4-9(6-10)12(15-13)11-7-14-18-16-11/h3-8,12,15H,13H2,1-2H3. The van der Waals surface area contributed by atoms with Gasteiger partial charge in [0.05, 0.1) is 35.8 Å². The molecule has 0 spiro atoms. The lowest BCUT2D eigenvalue weighted by Crippen LogP contribution is -2.29. The van der Waals surface area contributed by atoms with Crippen LogP contribution in [0.25, 0.3) is 0 Å². The van der Waals surface area contributed by atoms with E-state index in [1.807, 2.05) is 38.1 Å². The Morgan fingerprint density at radius 1 is 1.39 bits per heavy atom. The molecule has 0 radical (unpaired) electrons. The first-order valence-corrected chi connectivity index (χ1v) is 6.44. The van der Waals surface area contributed by atoms with Gasteiger partial charge in [-0.15, -0.1) is 0 Å². The lowest BCUT2D eigenvalue weighted by Gasteiger charge is -2.16. The van der Waals surface area contributed by atoms with Crippen LogP contribution in [0, 0.1) is 0 Å². The predicted molar refractivity (Wildman–Crippen MR) is 71.3 cm³/mol. The van der Waals surface area contributed by atoms with Crippen molar-refractivity contribution < 1.29 is 4.74 Å². The predicted octanol–water partition coefficient (Wildman–Crippen LogP) is 1.88. The van der Waals surface area contributed by atoms with Crippen molar-refractivity contribution in [2.45, 2.75) is 26.0 Å². The smallest absolute Gasteiger partial charge is 0.120 e. The maximum Gasteiger partial charge on any atom is 0.120 e. The highest BCUT2D eigenvalue weighted by Gasteiger charge is 2.15. The van der Waals surface area contributed by atoms with E-state index in [1.54, 1.807) is 6.20 Å². The molecule has 2 rings (SSSR count). The SMILES string of the molecule is CC(C)Oc1cccc(C(NN)c2cnsn2)c1. The van der Waals surface area contributed by atoms with Crippen molar-refractivity contribution in [1.29, 1.82) is 0 Å². The highest BCUT2D eigenvalue weighted by molar-refractivity contribution is 6.99. The molecule has 1 unspecified atom stereocenters. The van der Waals surface area contributed by atoms with Crippen LogP contribution in [-0.2, 0) is 0 Å². The zero-order valence-electron chi connectivity index (χ0n) is 10.3. The summed E-state index contributed by atoms with van der Waals surface area (Å²) in [5.74, 6) is 6.42. The number of aromatic nitrogens is 2. The summed E-state index contributed by atoms with van der Waals surface area (Å²) in [7, 11) is 0. The van der Waals surface area contributed by atoms with E-state index in [1.165, 1.54) is 11.7 Å². The van der Waals surface area contributed by atoms with Crippen LogP contribution in [0.4, 0.5) is 0 Å². The van der Waals surface area contributed by atoms with Crippen LogP contribution >= 0.6 is 11.7 Å². The third-order valence-electron chi connectivity index (χ3n) is 2.40. The quantitative estimate of drug-likeness (QED) is 0.637. The number of nitrogens with two attached hydrogens (primary N) is 1. The molecular weight excluding hydrogens is 248 g/mol. The molecule has 1 aromatic carbocycles. The maximum atomic E-state index is 5.66. The highest BCUT2D eigenvalue weighted by Crippen LogP contribution is 2.24. The van der Waals surface area contributed by atoms with Gasteiger partial charge >= 0.3 is 0 Å². The van der Waals surface area contributed by atoms with Gasteiger partial charge in [0, 0.05) is 0 Å². The van der Waals surface area contributed by atoms with Gasteiger partial charge in [-0.1, -0.05) is 12.1 Å². The van der Waals surface area contributed by atoms with E-state index in [9.17, 15) is 0 Å². The minimum absolute atomic E-state index is 0.144. The molecule has 0 saturated carbocycles. The summed E-state index contributed by atoms with van der Waals surface area (Å²) in [6.45, 7) is 3.99. The lowest BCUT2D eigenvalue weighted by molar-refractivity contribution is 0.242. The number of hydrazine groups is 1. The van der Waals surface area contributed by atoms with Crippen molar-refractivity contribution in [3.05, 3.63) is 41.7 Å². The molecule has 0 amide bonds. The van der Waals surface area contributed by atoms with Crippen LogP contribution < -0.4 is 16.0 Å². The number of nitrogens with one attached hydrogen (secondary N) is 1. The van der Waals surface area contributed by atoms with Gasteiger partial charge in [0.15, 0.2) is 0 Å². The summed E-state index contributed by atoms with van der Waals surface area (Å²) in [5.41, 5.74) is 4.56. The van der Waals surface area contributed by atoms with Crippen LogP contribution in [0.1, 0.15) is 31.1 Å². The van der Waals surface area contributed by atoms with E-state index in [-0.39, 0.29) is 12.1 Å². The van der Waals surface area contributed by atoms with Gasteiger partial charge in [-0.3, -0.25) is 5.84 Å². The molecule has 1 heterocycles. The van der Waals surface area contributed by atoms with Gasteiger partial charge in [-0.25, -0.2) is 5.43 Å². The fraction of sp³-hybridized carbons (Fsp3) is 0.333. The number of nitrogens with zero attached hydrogens (tertiary/aromatic N) is 2. The van der Waals surface area contributed by atoms with Gasteiger partial charge in [0.25, 0.3) is 0 Å². The molecule has 1 aromatic heterocycles. The fourth-order valence-corrected chi connectivity index (χ4v) is 2.14. The molecule has 6 heteroatoms. The summed E-state index contributed by atoms with van der Waals surface area (Å²) >= 11 is 1.17. The molecule has 2 aromatic rings. The largest absolute Gasteiger partial charge is 0.491 e. The Morgan fingerprint density at radius 3 is 2.83 bits per heavy atom. The normalized spacial score (nSPS) is 12.7. The topological polar surface area (TPSA) is 73.1 Å². The first-order chi connectivity index (χ1) is 8.70. The van der Waals surface area contributed by atoms with Crippen LogP contribution in [0.2, 0.25) is 0 Å². The Morgan fingerprint density at radius 2 is 2.22 bits per heavy atom. The Labute approximate surface area is 110 Å². The van der Waals surface area contributed by atoms with Crippen molar-refractivity contribution in [3.8, 4) is 5.75 Å². The van der Waals surface area contributed by atoms with E-state index >= 15 is 0 Å². The van der Waals surface area contributed by atoms with Gasteiger partial charge in [-0.05, 0) is 31.5 Å². The van der Waals surface area contributed by atoms with Crippen molar-refractivity contribution in [3.63, 3.8) is 0 Å². The second-order valence-electron chi connectivity index (χ2n) is 4.17. The van der Waals surface area contributed by atoms with E-state index in [0.29, 0.717) is 0 Å². The third-order valence-corrected chi connectivity index (χ3v) is 2.90. The summed E-state index contributed by atoms with van der Waals surface area (Å²) in [4.78, 5) is 0. The first-order valence-electron chi connectivity index (χ1n) is 5.71. The Hall–Kier alpha value is -1.50. The van der Waals surface area contributed by atoms with E-state index in [2.05, 4.69) is 14.2 Å². The highest BCUT2D eigenvalue weighted by atomic mass is 32.1. The van der Waals surface area contributed by atoms with Crippen molar-refractivity contribution in [2.75, 3.05) is 0 Å². The lowest BCUT2D eigenvalue weighted by atomic mass is 10.0. The second-order valence-corrected chi connectivity index (χ2v) is 4.73. The molecule has 1 atom stereocenters. The molecule has 0 saturated heterocycles. The minimum Gasteiger partial charge on any atom is -0.491 e. The molecular formula is C12H16N4OS. The van der Waals surface area contributed by atoms with E-state index in [0.717, 1.165) is 17.0 Å². The summed E-state index contributed by atoms with van der Waals surface area (Å²) in [6, 6.07) is 7.65. The van der Waals surface area contributed by atoms with E-state index < -0.39 is 0 Å². The molecule has 96 valence electrons. The Kier molecular flexibility index (Phi) is 4.24. The molecule has 3 N–H and O–H groups in total. The first kappa shape index (κ1) is 12.9. The number of ether oxygens (including phenoxy) is 1. The van der Waals surface area contributed by atoms with Gasteiger partial charge < -0.3 is 4.74 Å². The zero-order chi connectivity index (χ0) is 13.0. The average molecular weight is 264 g/mol. The molecule has 0 aliphatic rings. The minimum atomic E-state index is -0.167. The summed E-state index contributed by atoms with van der Waals surface area (Å²) in [5, 5.41) is 0.